The highest BCUT2D eigenvalue weighted by atomic mass is 35.5. The van der Waals surface area contributed by atoms with E-state index >= 15 is 0 Å². The van der Waals surface area contributed by atoms with Gasteiger partial charge in [0.25, 0.3) is 5.91 Å². The second-order valence-corrected chi connectivity index (χ2v) is 8.34. The van der Waals surface area contributed by atoms with Crippen molar-refractivity contribution in [3.05, 3.63) is 89.4 Å². The Kier molecular flexibility index (Phi) is 6.91. The molecule has 168 valence electrons. The molecule has 0 aliphatic carbocycles. The molecule has 3 aromatic carbocycles. The molecule has 0 aromatic heterocycles. The molecule has 0 radical (unpaired) electrons. The number of thiocarbonyl (C=S) groups is 1. The Hall–Kier alpha value is -3.42. The third-order valence-electron chi connectivity index (χ3n) is 5.35. The van der Waals surface area contributed by atoms with E-state index in [1.165, 1.54) is 4.90 Å². The normalized spacial score (nSPS) is 15.6. The van der Waals surface area contributed by atoms with E-state index in [2.05, 4.69) is 5.32 Å². The van der Waals surface area contributed by atoms with Crippen LogP contribution in [0.1, 0.15) is 12.0 Å². The quantitative estimate of drug-likeness (QED) is 0.489. The Morgan fingerprint density at radius 1 is 1.03 bits per heavy atom. The van der Waals surface area contributed by atoms with Crippen molar-refractivity contribution in [1.82, 2.24) is 4.90 Å². The number of carbonyl (C=O) groups is 2. The molecule has 4 rings (SSSR count). The van der Waals surface area contributed by atoms with Gasteiger partial charge < -0.3 is 15.0 Å². The lowest BCUT2D eigenvalue weighted by atomic mass is 10.1. The molecule has 6 nitrogen and oxygen atoms in total. The summed E-state index contributed by atoms with van der Waals surface area (Å²) in [6, 6.07) is 22.9. The predicted octanol–water partition coefficient (Wildman–Crippen LogP) is 4.88. The van der Waals surface area contributed by atoms with Crippen LogP contribution in [0.25, 0.3) is 0 Å². The largest absolute Gasteiger partial charge is 0.497 e. The summed E-state index contributed by atoms with van der Waals surface area (Å²) in [4.78, 5) is 29.6. The smallest absolute Gasteiger partial charge is 0.256 e. The first-order chi connectivity index (χ1) is 16.0. The number of nitrogens with zero attached hydrogens (tertiary/aromatic N) is 2. The molecule has 2 amide bonds. The summed E-state index contributed by atoms with van der Waals surface area (Å²) in [5, 5.41) is 3.77. The Balaban J connectivity index is 1.59. The van der Waals surface area contributed by atoms with Crippen molar-refractivity contribution in [2.45, 2.75) is 19.0 Å². The van der Waals surface area contributed by atoms with Crippen LogP contribution in [0, 0.1) is 0 Å². The number of halogens is 1. The highest BCUT2D eigenvalue weighted by Gasteiger charge is 2.44. The highest BCUT2D eigenvalue weighted by Crippen LogP contribution is 2.30. The zero-order valence-electron chi connectivity index (χ0n) is 17.9. The minimum absolute atomic E-state index is 0.0406. The summed E-state index contributed by atoms with van der Waals surface area (Å²) in [7, 11) is 1.58. The van der Waals surface area contributed by atoms with Gasteiger partial charge in [0.15, 0.2) is 5.11 Å². The zero-order chi connectivity index (χ0) is 23.4. The minimum Gasteiger partial charge on any atom is -0.497 e. The molecule has 1 fully saturated rings. The van der Waals surface area contributed by atoms with Gasteiger partial charge in [-0.05, 0) is 66.3 Å². The van der Waals surface area contributed by atoms with Gasteiger partial charge in [-0.3, -0.25) is 14.5 Å². The van der Waals surface area contributed by atoms with Crippen molar-refractivity contribution in [3.8, 4) is 5.75 Å². The third kappa shape index (κ3) is 5.16. The molecule has 1 aliphatic rings. The van der Waals surface area contributed by atoms with Crippen LogP contribution in [-0.2, 0) is 16.1 Å². The van der Waals surface area contributed by atoms with E-state index in [9.17, 15) is 9.59 Å². The van der Waals surface area contributed by atoms with E-state index in [-0.39, 0.29) is 18.2 Å². The van der Waals surface area contributed by atoms with Crippen molar-refractivity contribution in [1.29, 1.82) is 0 Å². The van der Waals surface area contributed by atoms with Crippen molar-refractivity contribution in [2.75, 3.05) is 17.3 Å². The molecular weight excluding hydrogens is 458 g/mol. The van der Waals surface area contributed by atoms with Gasteiger partial charge in [-0.1, -0.05) is 41.9 Å². The van der Waals surface area contributed by atoms with Crippen LogP contribution in [0.15, 0.2) is 78.9 Å². The van der Waals surface area contributed by atoms with E-state index in [1.807, 2.05) is 30.3 Å². The molecule has 1 aliphatic heterocycles. The summed E-state index contributed by atoms with van der Waals surface area (Å²) in [5.74, 6) is 0.150. The number of amides is 2. The SMILES string of the molecule is COc1ccc(N2C(=O)C(CC(=O)Nc3ccc(Cl)cc3)N(Cc3ccccc3)C2=S)cc1. The summed E-state index contributed by atoms with van der Waals surface area (Å²) >= 11 is 11.6. The van der Waals surface area contributed by atoms with Crippen LogP contribution in [0.4, 0.5) is 11.4 Å². The minimum atomic E-state index is -0.730. The third-order valence-corrected chi connectivity index (χ3v) is 6.02. The maximum atomic E-state index is 13.5. The van der Waals surface area contributed by atoms with Crippen LogP contribution >= 0.6 is 23.8 Å². The maximum Gasteiger partial charge on any atom is 0.256 e. The summed E-state index contributed by atoms with van der Waals surface area (Å²) in [6.07, 6.45) is -0.0406. The second kappa shape index (κ2) is 10.0. The van der Waals surface area contributed by atoms with Crippen LogP contribution in [0.5, 0.6) is 5.75 Å². The molecule has 1 N–H and O–H groups in total. The van der Waals surface area contributed by atoms with Crippen molar-refractivity contribution in [3.63, 3.8) is 0 Å². The van der Waals surface area contributed by atoms with Crippen molar-refractivity contribution >= 4 is 52.1 Å². The second-order valence-electron chi connectivity index (χ2n) is 7.54. The summed E-state index contributed by atoms with van der Waals surface area (Å²) in [5.41, 5.74) is 2.23. The van der Waals surface area contributed by atoms with Crippen molar-refractivity contribution in [2.24, 2.45) is 0 Å². The van der Waals surface area contributed by atoms with Crippen molar-refractivity contribution < 1.29 is 14.3 Å². The predicted molar refractivity (Wildman–Crippen MR) is 134 cm³/mol. The van der Waals surface area contributed by atoms with E-state index in [0.29, 0.717) is 33.8 Å². The topological polar surface area (TPSA) is 61.9 Å². The molecule has 33 heavy (non-hydrogen) atoms. The van der Waals surface area contributed by atoms with Gasteiger partial charge in [-0.25, -0.2) is 0 Å². The molecule has 0 saturated carbocycles. The van der Waals surface area contributed by atoms with Crippen LogP contribution in [0.2, 0.25) is 5.02 Å². The molecule has 0 bridgehead atoms. The van der Waals surface area contributed by atoms with Gasteiger partial charge in [0.1, 0.15) is 11.8 Å². The van der Waals surface area contributed by atoms with Gasteiger partial charge in [-0.2, -0.15) is 0 Å². The number of ether oxygens (including phenoxy) is 1. The lowest BCUT2D eigenvalue weighted by molar-refractivity contribution is -0.124. The molecule has 1 heterocycles. The fourth-order valence-electron chi connectivity index (χ4n) is 3.68. The number of nitrogens with one attached hydrogen (secondary N) is 1. The lowest BCUT2D eigenvalue weighted by Crippen LogP contribution is -2.37. The number of anilines is 2. The molecule has 1 unspecified atom stereocenters. The Labute approximate surface area is 202 Å². The number of carbonyl (C=O) groups excluding carboxylic acids is 2. The number of hydrogen-bond acceptors (Lipinski definition) is 4. The Morgan fingerprint density at radius 3 is 2.33 bits per heavy atom. The zero-order valence-corrected chi connectivity index (χ0v) is 19.5. The van der Waals surface area contributed by atoms with E-state index in [1.54, 1.807) is 60.5 Å². The van der Waals surface area contributed by atoms with E-state index < -0.39 is 6.04 Å². The summed E-state index contributed by atoms with van der Waals surface area (Å²) < 4.78 is 5.22. The monoisotopic (exact) mass is 479 g/mol. The molecule has 1 saturated heterocycles. The van der Waals surface area contributed by atoms with Gasteiger partial charge in [0, 0.05) is 17.3 Å². The Bertz CT molecular complexity index is 1150. The first-order valence-electron chi connectivity index (χ1n) is 10.3. The van der Waals surface area contributed by atoms with Gasteiger partial charge >= 0.3 is 0 Å². The average molecular weight is 480 g/mol. The number of benzene rings is 3. The van der Waals surface area contributed by atoms with Gasteiger partial charge in [-0.15, -0.1) is 0 Å². The van der Waals surface area contributed by atoms with E-state index in [0.717, 1.165) is 5.56 Å². The van der Waals surface area contributed by atoms with Gasteiger partial charge in [0.2, 0.25) is 5.91 Å². The van der Waals surface area contributed by atoms with Crippen LogP contribution < -0.4 is 15.0 Å². The average Bonchev–Trinajstić information content (AvgIpc) is 3.05. The molecule has 8 heteroatoms. The standard InChI is InChI=1S/C25H22ClN3O3S/c1-32-21-13-11-20(12-14-21)29-24(31)22(15-23(30)27-19-9-7-18(26)8-10-19)28(25(29)33)16-17-5-3-2-4-6-17/h2-14,22H,15-16H2,1H3,(H,27,30). The fourth-order valence-corrected chi connectivity index (χ4v) is 4.20. The first-order valence-corrected chi connectivity index (χ1v) is 11.1. The molecular formula is C25H22ClN3O3S. The van der Waals surface area contributed by atoms with Crippen LogP contribution in [0.3, 0.4) is 0 Å². The molecule has 1 atom stereocenters. The number of methoxy groups -OCH3 is 1. The maximum absolute atomic E-state index is 13.5. The first kappa shape index (κ1) is 22.8. The fraction of sp³-hybridized carbons (Fsp3) is 0.160. The molecule has 0 spiro atoms. The lowest BCUT2D eigenvalue weighted by Gasteiger charge is -2.24. The number of rotatable bonds is 7. The molecule has 3 aromatic rings. The van der Waals surface area contributed by atoms with Crippen LogP contribution in [-0.4, -0.2) is 35.0 Å². The number of hydrogen-bond donors (Lipinski definition) is 1. The highest BCUT2D eigenvalue weighted by molar-refractivity contribution is 7.80. The van der Waals surface area contributed by atoms with E-state index in [4.69, 9.17) is 28.6 Å². The Morgan fingerprint density at radius 2 is 1.70 bits per heavy atom. The van der Waals surface area contributed by atoms with Gasteiger partial charge in [0.05, 0.1) is 19.2 Å². The summed E-state index contributed by atoms with van der Waals surface area (Å²) in [6.45, 7) is 0.414.